The van der Waals surface area contributed by atoms with Crippen molar-refractivity contribution in [2.24, 2.45) is 5.92 Å². The zero-order chi connectivity index (χ0) is 21.1. The number of carboxylic acids is 1. The first kappa shape index (κ1) is 19.7. The number of carboxylic acid groups (broad SMARTS) is 1. The number of aromatic nitrogens is 1. The number of nitrogens with zero attached hydrogens (tertiary/aromatic N) is 4. The van der Waals surface area contributed by atoms with Crippen LogP contribution in [-0.4, -0.2) is 47.9 Å². The number of hydrogen-bond donors (Lipinski definition) is 1. The monoisotopic (exact) mass is 416 g/mol. The van der Waals surface area contributed by atoms with Crippen molar-refractivity contribution in [3.8, 4) is 6.07 Å². The first-order chi connectivity index (χ1) is 13.5. The summed E-state index contributed by atoms with van der Waals surface area (Å²) >= 11 is 0. The molecule has 29 heavy (non-hydrogen) atoms. The molecule has 4 rings (SSSR count). The zero-order valence-corrected chi connectivity index (χ0v) is 15.1. The third-order valence-electron chi connectivity index (χ3n) is 5.81. The number of pyridine rings is 1. The molecule has 11 heteroatoms. The van der Waals surface area contributed by atoms with Gasteiger partial charge in [-0.1, -0.05) is 0 Å². The molecule has 0 amide bonds. The lowest BCUT2D eigenvalue weighted by Gasteiger charge is -2.45. The minimum absolute atomic E-state index is 0.0305. The molecule has 3 heterocycles. The Hall–Kier alpha value is -2.64. The molecular formula is C18H17F5N4O2. The smallest absolute Gasteiger partial charge is 0.408 e. The molecule has 1 aromatic rings. The molecule has 156 valence electrons. The number of hydrogen-bond acceptors (Lipinski definition) is 5. The molecule has 1 aliphatic carbocycles. The largest absolute Gasteiger partial charge is 0.481 e. The van der Waals surface area contributed by atoms with Crippen molar-refractivity contribution >= 4 is 17.6 Å². The summed E-state index contributed by atoms with van der Waals surface area (Å²) < 4.78 is 68.9. The van der Waals surface area contributed by atoms with E-state index in [-0.39, 0.29) is 62.0 Å². The van der Waals surface area contributed by atoms with Crippen molar-refractivity contribution in [1.29, 1.82) is 5.26 Å². The Morgan fingerprint density at radius 3 is 2.52 bits per heavy atom. The Labute approximate surface area is 162 Å². The topological polar surface area (TPSA) is 80.5 Å². The number of carbonyl (C=O) groups is 1. The number of halogens is 5. The van der Waals surface area contributed by atoms with E-state index in [1.165, 1.54) is 0 Å². The van der Waals surface area contributed by atoms with Crippen molar-refractivity contribution in [2.75, 3.05) is 29.4 Å². The summed E-state index contributed by atoms with van der Waals surface area (Å²) in [5.41, 5.74) is -0.856. The molecule has 3 aliphatic rings. The maximum atomic E-state index is 14.6. The summed E-state index contributed by atoms with van der Waals surface area (Å²) in [6, 6.07) is -0.200. The van der Waals surface area contributed by atoms with E-state index in [1.807, 2.05) is 0 Å². The predicted molar refractivity (Wildman–Crippen MR) is 90.9 cm³/mol. The number of aliphatic carboxylic acids is 1. The van der Waals surface area contributed by atoms with Crippen LogP contribution in [0.4, 0.5) is 33.6 Å². The third-order valence-corrected chi connectivity index (χ3v) is 5.81. The molecule has 2 aliphatic heterocycles. The summed E-state index contributed by atoms with van der Waals surface area (Å²) in [7, 11) is 0. The van der Waals surface area contributed by atoms with Gasteiger partial charge in [0.05, 0.1) is 6.42 Å². The van der Waals surface area contributed by atoms with E-state index in [0.717, 1.165) is 4.90 Å². The first-order valence-corrected chi connectivity index (χ1v) is 9.18. The molecule has 0 aromatic carbocycles. The highest BCUT2D eigenvalue weighted by Crippen LogP contribution is 2.50. The minimum atomic E-state index is -4.56. The molecule has 1 aromatic heterocycles. The van der Waals surface area contributed by atoms with Crippen LogP contribution in [0.3, 0.4) is 0 Å². The number of fused-ring (bicyclic) bond motifs is 1. The van der Waals surface area contributed by atoms with Gasteiger partial charge >= 0.3 is 12.1 Å². The fourth-order valence-electron chi connectivity index (χ4n) is 4.32. The van der Waals surface area contributed by atoms with Crippen LogP contribution in [0, 0.1) is 17.2 Å². The van der Waals surface area contributed by atoms with E-state index >= 15 is 0 Å². The molecule has 0 spiro atoms. The van der Waals surface area contributed by atoms with Crippen LogP contribution in [-0.2, 0) is 17.1 Å². The van der Waals surface area contributed by atoms with Crippen LogP contribution < -0.4 is 9.80 Å². The van der Waals surface area contributed by atoms with Gasteiger partial charge in [0.15, 0.2) is 0 Å². The van der Waals surface area contributed by atoms with Crippen LogP contribution in [0.5, 0.6) is 0 Å². The van der Waals surface area contributed by atoms with Gasteiger partial charge in [-0.2, -0.15) is 18.4 Å². The summed E-state index contributed by atoms with van der Waals surface area (Å²) in [6.07, 6.45) is -5.41. The van der Waals surface area contributed by atoms with Gasteiger partial charge < -0.3 is 14.9 Å². The van der Waals surface area contributed by atoms with Crippen molar-refractivity contribution in [1.82, 2.24) is 4.98 Å². The van der Waals surface area contributed by atoms with Crippen LogP contribution in [0.2, 0.25) is 0 Å². The quantitative estimate of drug-likeness (QED) is 0.760. The second kappa shape index (κ2) is 6.43. The fraction of sp³-hybridized carbons (Fsp3) is 0.611. The number of rotatable bonds is 4. The fourth-order valence-corrected chi connectivity index (χ4v) is 4.32. The molecule has 2 fully saturated rings. The maximum Gasteiger partial charge on any atom is 0.408 e. The SMILES string of the molecule is N#Cc1c(N2CCC2C(F)(F)F)nc(N2CC(CC(=O)O)C2)c2c1C(F)(F)CC2. The van der Waals surface area contributed by atoms with Crippen LogP contribution in [0.25, 0.3) is 0 Å². The molecule has 0 radical (unpaired) electrons. The number of alkyl halides is 5. The van der Waals surface area contributed by atoms with Crippen LogP contribution >= 0.6 is 0 Å². The van der Waals surface area contributed by atoms with E-state index in [2.05, 4.69) is 4.98 Å². The van der Waals surface area contributed by atoms with Gasteiger partial charge in [0.25, 0.3) is 5.92 Å². The van der Waals surface area contributed by atoms with Crippen LogP contribution in [0.1, 0.15) is 36.0 Å². The van der Waals surface area contributed by atoms with Crippen molar-refractivity contribution < 1.29 is 31.9 Å². The van der Waals surface area contributed by atoms with E-state index in [4.69, 9.17) is 5.11 Å². The highest BCUT2D eigenvalue weighted by atomic mass is 19.4. The van der Waals surface area contributed by atoms with Gasteiger partial charge in [0.1, 0.15) is 29.3 Å². The van der Waals surface area contributed by atoms with Gasteiger partial charge in [-0.25, -0.2) is 13.8 Å². The molecule has 1 atom stereocenters. The summed E-state index contributed by atoms with van der Waals surface area (Å²) in [6.45, 7) is 0.508. The van der Waals surface area contributed by atoms with Gasteiger partial charge in [-0.15, -0.1) is 0 Å². The lowest BCUT2D eigenvalue weighted by Crippen LogP contribution is -2.57. The lowest BCUT2D eigenvalue weighted by atomic mass is 9.94. The number of nitriles is 1. The Balaban J connectivity index is 1.77. The summed E-state index contributed by atoms with van der Waals surface area (Å²) in [5, 5.41) is 18.4. The van der Waals surface area contributed by atoms with Crippen molar-refractivity contribution in [3.05, 3.63) is 16.7 Å². The average Bonchev–Trinajstić information content (AvgIpc) is 2.83. The molecule has 0 saturated carbocycles. The third kappa shape index (κ3) is 3.14. The molecule has 2 saturated heterocycles. The predicted octanol–water partition coefficient (Wildman–Crippen LogP) is 3.04. The highest BCUT2D eigenvalue weighted by Gasteiger charge is 2.52. The van der Waals surface area contributed by atoms with E-state index in [0.29, 0.717) is 0 Å². The Bertz CT molecular complexity index is 905. The molecular weight excluding hydrogens is 399 g/mol. The van der Waals surface area contributed by atoms with Crippen LogP contribution in [0.15, 0.2) is 0 Å². The molecule has 1 N–H and O–H groups in total. The second-order valence-corrected chi connectivity index (χ2v) is 7.71. The number of anilines is 2. The zero-order valence-electron chi connectivity index (χ0n) is 15.1. The van der Waals surface area contributed by atoms with Gasteiger partial charge in [-0.3, -0.25) is 4.79 Å². The Kier molecular flexibility index (Phi) is 4.36. The lowest BCUT2D eigenvalue weighted by molar-refractivity contribution is -0.159. The Morgan fingerprint density at radius 2 is 2.00 bits per heavy atom. The standard InChI is InChI=1S/C18H17F5N4O2/c19-17(20)3-1-10-14(17)11(6-24)16(27-4-2-12(27)18(21,22)23)25-15(10)26-7-9(8-26)5-13(28)29/h9,12H,1-5,7-8H2,(H,28,29). The second-order valence-electron chi connectivity index (χ2n) is 7.71. The van der Waals surface area contributed by atoms with Crippen molar-refractivity contribution in [2.45, 2.75) is 43.8 Å². The van der Waals surface area contributed by atoms with Gasteiger partial charge in [0, 0.05) is 43.1 Å². The summed E-state index contributed by atoms with van der Waals surface area (Å²) in [5.74, 6) is -4.71. The Morgan fingerprint density at radius 1 is 1.31 bits per heavy atom. The van der Waals surface area contributed by atoms with Gasteiger partial charge in [-0.05, 0) is 12.8 Å². The first-order valence-electron chi connectivity index (χ1n) is 9.18. The van der Waals surface area contributed by atoms with E-state index in [1.54, 1.807) is 11.0 Å². The average molecular weight is 416 g/mol. The minimum Gasteiger partial charge on any atom is -0.481 e. The van der Waals surface area contributed by atoms with E-state index < -0.39 is 41.7 Å². The normalized spacial score (nSPS) is 23.2. The molecule has 6 nitrogen and oxygen atoms in total. The molecule has 1 unspecified atom stereocenters. The van der Waals surface area contributed by atoms with Crippen molar-refractivity contribution in [3.63, 3.8) is 0 Å². The molecule has 0 bridgehead atoms. The summed E-state index contributed by atoms with van der Waals surface area (Å²) in [4.78, 5) is 17.6. The highest BCUT2D eigenvalue weighted by molar-refractivity contribution is 5.72. The maximum absolute atomic E-state index is 14.6. The van der Waals surface area contributed by atoms with E-state index in [9.17, 15) is 32.0 Å². The van der Waals surface area contributed by atoms with Gasteiger partial charge in [0.2, 0.25) is 0 Å².